The standard InChI is InChI=1S/C20H25N3O7S/c1-12-11-16(22-30-12)23-31(28,29)15-9-7-14(8-10-15)21-18(13-5-3-2-4-6-13)17(19(24)25)20(26)27/h7-11,13,17-18,21H,2-6H2,1H3,(H,22,23)(H,24,25)(H,26,27). The predicted octanol–water partition coefficient (Wildman–Crippen LogP) is 2.93. The first-order valence-corrected chi connectivity index (χ1v) is 11.4. The van der Waals surface area contributed by atoms with E-state index < -0.39 is 33.9 Å². The van der Waals surface area contributed by atoms with Crippen LogP contribution in [-0.2, 0) is 19.6 Å². The van der Waals surface area contributed by atoms with E-state index in [1.165, 1.54) is 30.3 Å². The molecule has 11 heteroatoms. The summed E-state index contributed by atoms with van der Waals surface area (Å²) in [5, 5.41) is 25.6. The smallest absolute Gasteiger partial charge is 0.320 e. The van der Waals surface area contributed by atoms with Gasteiger partial charge in [0.05, 0.1) is 10.9 Å². The summed E-state index contributed by atoms with van der Waals surface area (Å²) >= 11 is 0. The van der Waals surface area contributed by atoms with Crippen molar-refractivity contribution in [2.24, 2.45) is 11.8 Å². The predicted molar refractivity (Wildman–Crippen MR) is 111 cm³/mol. The van der Waals surface area contributed by atoms with E-state index in [-0.39, 0.29) is 16.6 Å². The average molecular weight is 452 g/mol. The first-order chi connectivity index (χ1) is 14.7. The maximum absolute atomic E-state index is 12.5. The molecule has 0 spiro atoms. The van der Waals surface area contributed by atoms with Gasteiger partial charge in [0.2, 0.25) is 0 Å². The molecule has 1 aliphatic rings. The average Bonchev–Trinajstić information content (AvgIpc) is 3.12. The zero-order chi connectivity index (χ0) is 22.6. The third-order valence-corrected chi connectivity index (χ3v) is 6.78. The molecular weight excluding hydrogens is 426 g/mol. The second-order valence-electron chi connectivity index (χ2n) is 7.68. The summed E-state index contributed by atoms with van der Waals surface area (Å²) in [5.74, 6) is -4.00. The molecule has 0 radical (unpaired) electrons. The van der Waals surface area contributed by atoms with Gasteiger partial charge in [-0.1, -0.05) is 24.4 Å². The number of aromatic nitrogens is 1. The van der Waals surface area contributed by atoms with Gasteiger partial charge in [-0.25, -0.2) is 8.42 Å². The van der Waals surface area contributed by atoms with Crippen LogP contribution in [0.5, 0.6) is 0 Å². The van der Waals surface area contributed by atoms with Crippen LogP contribution in [0.2, 0.25) is 0 Å². The summed E-state index contributed by atoms with van der Waals surface area (Å²) in [6.07, 6.45) is 4.35. The van der Waals surface area contributed by atoms with Gasteiger partial charge in [-0.15, -0.1) is 0 Å². The fourth-order valence-corrected chi connectivity index (χ4v) is 4.90. The maximum atomic E-state index is 12.5. The second kappa shape index (κ2) is 9.38. The minimum absolute atomic E-state index is 0.0269. The molecule has 0 bridgehead atoms. The molecule has 1 aromatic carbocycles. The monoisotopic (exact) mass is 451 g/mol. The molecule has 1 heterocycles. The van der Waals surface area contributed by atoms with Gasteiger partial charge in [-0.3, -0.25) is 14.3 Å². The van der Waals surface area contributed by atoms with Gasteiger partial charge in [-0.2, -0.15) is 0 Å². The van der Waals surface area contributed by atoms with E-state index in [4.69, 9.17) is 4.52 Å². The summed E-state index contributed by atoms with van der Waals surface area (Å²) < 4.78 is 32.2. The van der Waals surface area contributed by atoms with Crippen LogP contribution in [0.3, 0.4) is 0 Å². The van der Waals surface area contributed by atoms with Crippen molar-refractivity contribution in [3.63, 3.8) is 0 Å². The lowest BCUT2D eigenvalue weighted by Gasteiger charge is -2.33. The van der Waals surface area contributed by atoms with Crippen molar-refractivity contribution in [1.82, 2.24) is 5.16 Å². The SMILES string of the molecule is Cc1cc(NS(=O)(=O)c2ccc(NC(C3CCCCC3)C(C(=O)O)C(=O)O)cc2)no1. The van der Waals surface area contributed by atoms with Gasteiger partial charge in [0, 0.05) is 11.8 Å². The van der Waals surface area contributed by atoms with Crippen molar-refractivity contribution < 1.29 is 32.7 Å². The highest BCUT2D eigenvalue weighted by molar-refractivity contribution is 7.92. The third-order valence-electron chi connectivity index (χ3n) is 5.41. The van der Waals surface area contributed by atoms with Crippen LogP contribution in [0.4, 0.5) is 11.5 Å². The number of carbonyl (C=O) groups is 2. The molecule has 1 atom stereocenters. The van der Waals surface area contributed by atoms with E-state index in [0.29, 0.717) is 11.4 Å². The summed E-state index contributed by atoms with van der Waals surface area (Å²) in [7, 11) is -3.90. The minimum atomic E-state index is -3.90. The Balaban J connectivity index is 1.80. The zero-order valence-electron chi connectivity index (χ0n) is 16.9. The Bertz CT molecular complexity index is 1010. The lowest BCUT2D eigenvalue weighted by Crippen LogP contribution is -2.45. The van der Waals surface area contributed by atoms with E-state index in [9.17, 15) is 28.2 Å². The molecule has 4 N–H and O–H groups in total. The normalized spacial score (nSPS) is 16.1. The van der Waals surface area contributed by atoms with Crippen molar-refractivity contribution in [2.75, 3.05) is 10.0 Å². The van der Waals surface area contributed by atoms with Crippen LogP contribution in [0.25, 0.3) is 0 Å². The van der Waals surface area contributed by atoms with Crippen molar-refractivity contribution in [3.8, 4) is 0 Å². The molecule has 3 rings (SSSR count). The Morgan fingerprint density at radius 3 is 2.23 bits per heavy atom. The number of anilines is 2. The van der Waals surface area contributed by atoms with Gasteiger partial charge in [0.25, 0.3) is 10.0 Å². The molecular formula is C20H25N3O7S. The van der Waals surface area contributed by atoms with Crippen LogP contribution in [0.1, 0.15) is 37.9 Å². The first kappa shape index (κ1) is 22.6. The number of carboxylic acids is 2. The topological polar surface area (TPSA) is 159 Å². The van der Waals surface area contributed by atoms with Gasteiger partial charge in [0.1, 0.15) is 5.76 Å². The number of hydrogen-bond donors (Lipinski definition) is 4. The Kier molecular flexibility index (Phi) is 6.84. The molecule has 1 unspecified atom stereocenters. The lowest BCUT2D eigenvalue weighted by molar-refractivity contribution is -0.156. The second-order valence-corrected chi connectivity index (χ2v) is 9.36. The highest BCUT2D eigenvalue weighted by Crippen LogP contribution is 2.32. The molecule has 31 heavy (non-hydrogen) atoms. The van der Waals surface area contributed by atoms with E-state index in [0.717, 1.165) is 32.1 Å². The highest BCUT2D eigenvalue weighted by Gasteiger charge is 2.40. The Labute approximate surface area is 179 Å². The van der Waals surface area contributed by atoms with Crippen LogP contribution >= 0.6 is 0 Å². The third kappa shape index (κ3) is 5.54. The van der Waals surface area contributed by atoms with Crippen molar-refractivity contribution in [3.05, 3.63) is 36.1 Å². The summed E-state index contributed by atoms with van der Waals surface area (Å²) in [5.41, 5.74) is 0.444. The maximum Gasteiger partial charge on any atom is 0.320 e. The fraction of sp³-hybridized carbons (Fsp3) is 0.450. The van der Waals surface area contributed by atoms with E-state index in [1.807, 2.05) is 0 Å². The molecule has 168 valence electrons. The Morgan fingerprint density at radius 2 is 1.71 bits per heavy atom. The molecule has 1 aliphatic carbocycles. The number of rotatable bonds is 9. The largest absolute Gasteiger partial charge is 0.481 e. The molecule has 0 saturated heterocycles. The van der Waals surface area contributed by atoms with Crippen molar-refractivity contribution >= 4 is 33.5 Å². The Hall–Kier alpha value is -3.08. The molecule has 0 aliphatic heterocycles. The molecule has 0 amide bonds. The van der Waals surface area contributed by atoms with Gasteiger partial charge in [-0.05, 0) is 49.9 Å². The fourth-order valence-electron chi connectivity index (χ4n) is 3.91. The van der Waals surface area contributed by atoms with Crippen molar-refractivity contribution in [2.45, 2.75) is 50.0 Å². The summed E-state index contributed by atoms with van der Waals surface area (Å²) in [6, 6.07) is 6.31. The molecule has 1 aromatic heterocycles. The van der Waals surface area contributed by atoms with Crippen LogP contribution in [-0.4, -0.2) is 41.8 Å². The highest BCUT2D eigenvalue weighted by atomic mass is 32.2. The number of hydrogen-bond acceptors (Lipinski definition) is 7. The van der Waals surface area contributed by atoms with Crippen molar-refractivity contribution in [1.29, 1.82) is 0 Å². The van der Waals surface area contributed by atoms with Gasteiger partial charge >= 0.3 is 11.9 Å². The van der Waals surface area contributed by atoms with Gasteiger partial charge in [0.15, 0.2) is 11.7 Å². The number of aliphatic carboxylic acids is 2. The first-order valence-electron chi connectivity index (χ1n) is 9.96. The van der Waals surface area contributed by atoms with E-state index in [2.05, 4.69) is 15.2 Å². The summed E-state index contributed by atoms with van der Waals surface area (Å²) in [4.78, 5) is 23.3. The van der Waals surface area contributed by atoms with Crippen LogP contribution < -0.4 is 10.0 Å². The Morgan fingerprint density at radius 1 is 1.10 bits per heavy atom. The van der Waals surface area contributed by atoms with Crippen LogP contribution in [0.15, 0.2) is 39.8 Å². The number of carboxylic acid groups (broad SMARTS) is 2. The number of sulfonamides is 1. The minimum Gasteiger partial charge on any atom is -0.481 e. The van der Waals surface area contributed by atoms with Crippen LogP contribution in [0, 0.1) is 18.8 Å². The molecule has 2 aromatic rings. The molecule has 1 fully saturated rings. The van der Waals surface area contributed by atoms with E-state index in [1.54, 1.807) is 6.92 Å². The number of nitrogens with one attached hydrogen (secondary N) is 2. The quantitative estimate of drug-likeness (QED) is 0.420. The summed E-state index contributed by atoms with van der Waals surface area (Å²) in [6.45, 7) is 1.63. The van der Waals surface area contributed by atoms with E-state index >= 15 is 0 Å². The number of benzene rings is 1. The lowest BCUT2D eigenvalue weighted by atomic mass is 9.78. The molecule has 1 saturated carbocycles. The van der Waals surface area contributed by atoms with Gasteiger partial charge < -0.3 is 20.1 Å². The molecule has 10 nitrogen and oxygen atoms in total. The number of aryl methyl sites for hydroxylation is 1. The zero-order valence-corrected chi connectivity index (χ0v) is 17.8. The number of nitrogens with zero attached hydrogens (tertiary/aromatic N) is 1.